The zero-order valence-corrected chi connectivity index (χ0v) is 12.9. The summed E-state index contributed by atoms with van der Waals surface area (Å²) >= 11 is 4.67. The van der Waals surface area contributed by atoms with Crippen molar-refractivity contribution < 1.29 is 0 Å². The van der Waals surface area contributed by atoms with Crippen molar-refractivity contribution in [2.45, 2.75) is 45.4 Å². The molecule has 1 aromatic rings. The fraction of sp³-hybridized carbons (Fsp3) is 0.467. The lowest BCUT2D eigenvalue weighted by Crippen LogP contribution is -2.24. The predicted molar refractivity (Wildman–Crippen MR) is 86.6 cm³/mol. The number of benzene rings is 1. The fourth-order valence-electron chi connectivity index (χ4n) is 1.77. The summed E-state index contributed by atoms with van der Waals surface area (Å²) in [6, 6.07) is 8.80. The second-order valence-corrected chi connectivity index (χ2v) is 6.24. The zero-order chi connectivity index (χ0) is 14.5. The van der Waals surface area contributed by atoms with Gasteiger partial charge in [-0.25, -0.2) is 0 Å². The highest BCUT2D eigenvalue weighted by Crippen LogP contribution is 2.25. The highest BCUT2D eigenvalue weighted by molar-refractivity contribution is 7.80. The Bertz CT molecular complexity index is 443. The van der Waals surface area contributed by atoms with E-state index in [4.69, 9.17) is 5.73 Å². The van der Waals surface area contributed by atoms with Crippen LogP contribution in [0.15, 0.2) is 29.4 Å². The fourth-order valence-corrected chi connectivity index (χ4v) is 1.82. The van der Waals surface area contributed by atoms with Crippen LogP contribution in [0.5, 0.6) is 0 Å². The van der Waals surface area contributed by atoms with Gasteiger partial charge in [-0.3, -0.25) is 5.43 Å². The molecule has 1 rings (SSSR count). The first-order valence-electron chi connectivity index (χ1n) is 6.48. The lowest BCUT2D eigenvalue weighted by Gasteiger charge is -2.20. The monoisotopic (exact) mass is 277 g/mol. The summed E-state index contributed by atoms with van der Waals surface area (Å²) < 4.78 is 0. The minimum Gasteiger partial charge on any atom is -0.375 e. The molecule has 0 heterocycles. The van der Waals surface area contributed by atoms with Crippen LogP contribution in [0.3, 0.4) is 0 Å². The molecule has 0 aromatic heterocycles. The number of thiocarbonyl (C=S) groups is 1. The second kappa shape index (κ2) is 6.66. The van der Waals surface area contributed by atoms with Gasteiger partial charge in [0.25, 0.3) is 0 Å². The van der Waals surface area contributed by atoms with E-state index >= 15 is 0 Å². The van der Waals surface area contributed by atoms with Crippen molar-refractivity contribution in [3.8, 4) is 0 Å². The quantitative estimate of drug-likeness (QED) is 0.504. The topological polar surface area (TPSA) is 50.4 Å². The van der Waals surface area contributed by atoms with Crippen LogP contribution in [0.25, 0.3) is 0 Å². The molecule has 104 valence electrons. The average Bonchev–Trinajstić information content (AvgIpc) is 2.33. The number of hydrazone groups is 1. The Labute approximate surface area is 121 Å². The molecule has 0 aliphatic heterocycles. The third-order valence-electron chi connectivity index (χ3n) is 3.07. The number of nitrogens with two attached hydrogens (primary N) is 1. The first kappa shape index (κ1) is 15.6. The third-order valence-corrected chi connectivity index (χ3v) is 3.16. The van der Waals surface area contributed by atoms with Gasteiger partial charge in [-0.05, 0) is 41.1 Å². The largest absolute Gasteiger partial charge is 0.375 e. The van der Waals surface area contributed by atoms with E-state index < -0.39 is 0 Å². The molecule has 0 radical (unpaired) electrons. The number of nitrogens with one attached hydrogen (secondary N) is 1. The van der Waals surface area contributed by atoms with Crippen LogP contribution in [-0.4, -0.2) is 11.3 Å². The van der Waals surface area contributed by atoms with Gasteiger partial charge in [-0.15, -0.1) is 0 Å². The Hall–Kier alpha value is -1.42. The highest BCUT2D eigenvalue weighted by atomic mass is 32.1. The van der Waals surface area contributed by atoms with Crippen LogP contribution in [0, 0.1) is 0 Å². The summed E-state index contributed by atoms with van der Waals surface area (Å²) in [7, 11) is 0. The van der Waals surface area contributed by atoms with Crippen molar-refractivity contribution >= 4 is 23.5 Å². The summed E-state index contributed by atoms with van der Waals surface area (Å²) in [6.07, 6.45) is 2.66. The van der Waals surface area contributed by atoms with Gasteiger partial charge in [0.2, 0.25) is 0 Å². The Kier molecular flexibility index (Phi) is 5.48. The normalized spacial score (nSPS) is 13.5. The summed E-state index contributed by atoms with van der Waals surface area (Å²) in [5.41, 5.74) is 10.7. The molecule has 0 bridgehead atoms. The molecule has 3 nitrogen and oxygen atoms in total. The maximum Gasteiger partial charge on any atom is 0.184 e. The van der Waals surface area contributed by atoms with E-state index in [1.807, 2.05) is 6.21 Å². The van der Waals surface area contributed by atoms with Crippen LogP contribution in [0.1, 0.15) is 51.2 Å². The number of nitrogens with zero attached hydrogens (tertiary/aromatic N) is 1. The maximum atomic E-state index is 5.28. The summed E-state index contributed by atoms with van der Waals surface area (Å²) in [5, 5.41) is 4.14. The van der Waals surface area contributed by atoms with Crippen molar-refractivity contribution in [1.82, 2.24) is 5.43 Å². The molecule has 1 unspecified atom stereocenters. The number of hydrogen-bond acceptors (Lipinski definition) is 2. The van der Waals surface area contributed by atoms with Crippen LogP contribution in [-0.2, 0) is 5.41 Å². The van der Waals surface area contributed by atoms with E-state index in [9.17, 15) is 0 Å². The molecule has 3 N–H and O–H groups in total. The predicted octanol–water partition coefficient (Wildman–Crippen LogP) is 3.30. The number of rotatable bonds is 4. The van der Waals surface area contributed by atoms with E-state index in [-0.39, 0.29) is 10.5 Å². The lowest BCUT2D eigenvalue weighted by atomic mass is 9.85. The minimum atomic E-state index is 0.193. The molecule has 0 fully saturated rings. The van der Waals surface area contributed by atoms with Crippen LogP contribution >= 0.6 is 12.2 Å². The third kappa shape index (κ3) is 5.39. The van der Waals surface area contributed by atoms with E-state index in [2.05, 4.69) is 74.7 Å². The molecular formula is C15H23N3S. The average molecular weight is 277 g/mol. The van der Waals surface area contributed by atoms with E-state index in [1.54, 1.807) is 0 Å². The standard InChI is InChI=1S/C15H23N3S/c1-11(9-10-17-18-14(16)19)12-5-7-13(8-6-12)15(2,3)4/h5-8,10-11H,9H2,1-4H3,(H3,16,18,19). The summed E-state index contributed by atoms with van der Waals surface area (Å²) in [4.78, 5) is 0. The molecule has 0 aliphatic rings. The molecular weight excluding hydrogens is 254 g/mol. The van der Waals surface area contributed by atoms with Crippen LogP contribution in [0.2, 0.25) is 0 Å². The molecule has 0 saturated carbocycles. The van der Waals surface area contributed by atoms with Crippen molar-refractivity contribution in [2.75, 3.05) is 0 Å². The molecule has 0 amide bonds. The van der Waals surface area contributed by atoms with Crippen molar-refractivity contribution in [2.24, 2.45) is 10.8 Å². The van der Waals surface area contributed by atoms with Gasteiger partial charge in [0.1, 0.15) is 0 Å². The van der Waals surface area contributed by atoms with E-state index in [0.29, 0.717) is 5.92 Å². The summed E-state index contributed by atoms with van der Waals surface area (Å²) in [6.45, 7) is 8.84. The van der Waals surface area contributed by atoms with Gasteiger partial charge in [0.15, 0.2) is 5.11 Å². The van der Waals surface area contributed by atoms with Crippen molar-refractivity contribution in [3.05, 3.63) is 35.4 Å². The van der Waals surface area contributed by atoms with Gasteiger partial charge in [0.05, 0.1) is 0 Å². The lowest BCUT2D eigenvalue weighted by molar-refractivity contribution is 0.589. The van der Waals surface area contributed by atoms with Gasteiger partial charge < -0.3 is 5.73 Å². The van der Waals surface area contributed by atoms with Crippen LogP contribution < -0.4 is 11.2 Å². The highest BCUT2D eigenvalue weighted by Gasteiger charge is 2.13. The van der Waals surface area contributed by atoms with Gasteiger partial charge in [-0.2, -0.15) is 5.10 Å². The SMILES string of the molecule is CC(CC=NNC(N)=S)c1ccc(C(C)(C)C)cc1. The molecule has 0 aliphatic carbocycles. The van der Waals surface area contributed by atoms with Gasteiger partial charge in [-0.1, -0.05) is 52.0 Å². The molecule has 1 atom stereocenters. The van der Waals surface area contributed by atoms with E-state index in [0.717, 1.165) is 6.42 Å². The smallest absolute Gasteiger partial charge is 0.184 e. The molecule has 1 aromatic carbocycles. The molecule has 19 heavy (non-hydrogen) atoms. The van der Waals surface area contributed by atoms with Crippen LogP contribution in [0.4, 0.5) is 0 Å². The Balaban J connectivity index is 2.60. The van der Waals surface area contributed by atoms with Crippen molar-refractivity contribution in [1.29, 1.82) is 0 Å². The van der Waals surface area contributed by atoms with Gasteiger partial charge >= 0.3 is 0 Å². The van der Waals surface area contributed by atoms with Gasteiger partial charge in [0, 0.05) is 6.21 Å². The Morgan fingerprint density at radius 1 is 1.37 bits per heavy atom. The molecule has 4 heteroatoms. The summed E-state index contributed by atoms with van der Waals surface area (Å²) in [5.74, 6) is 0.422. The zero-order valence-electron chi connectivity index (χ0n) is 12.1. The number of hydrogen-bond donors (Lipinski definition) is 2. The minimum absolute atomic E-state index is 0.193. The first-order valence-corrected chi connectivity index (χ1v) is 6.89. The van der Waals surface area contributed by atoms with Crippen molar-refractivity contribution in [3.63, 3.8) is 0 Å². The Morgan fingerprint density at radius 2 is 1.95 bits per heavy atom. The molecule has 0 saturated heterocycles. The second-order valence-electron chi connectivity index (χ2n) is 5.80. The Morgan fingerprint density at radius 3 is 2.42 bits per heavy atom. The first-order chi connectivity index (χ1) is 8.80. The van der Waals surface area contributed by atoms with E-state index in [1.165, 1.54) is 11.1 Å². The molecule has 0 spiro atoms. The maximum absolute atomic E-state index is 5.28.